The SMILES string of the molecule is N.O.[Ca+2].[H-].[H-].[H-].[H-].[Sr+2]. The summed E-state index contributed by atoms with van der Waals surface area (Å²) >= 11 is 0. The van der Waals surface area contributed by atoms with Gasteiger partial charge in [0, 0.05) is 0 Å². The minimum atomic E-state index is 0. The van der Waals surface area contributed by atoms with E-state index in [0.29, 0.717) is 0 Å². The molecular weight excluding hydrogens is 158 g/mol. The number of hydrogen-bond acceptors (Lipinski definition) is 1. The molecule has 0 aromatic carbocycles. The van der Waals surface area contributed by atoms with Crippen LogP contribution >= 0.6 is 0 Å². The summed E-state index contributed by atoms with van der Waals surface area (Å²) in [4.78, 5) is 0. The summed E-state index contributed by atoms with van der Waals surface area (Å²) in [6.07, 6.45) is 0. The van der Waals surface area contributed by atoms with E-state index >= 15 is 0 Å². The van der Waals surface area contributed by atoms with Crippen LogP contribution in [0.15, 0.2) is 0 Å². The minimum Gasteiger partial charge on any atom is -1.00 e. The van der Waals surface area contributed by atoms with E-state index in [1.165, 1.54) is 0 Å². The molecule has 0 amide bonds. The van der Waals surface area contributed by atoms with Gasteiger partial charge in [0.15, 0.2) is 0 Å². The fourth-order valence-electron chi connectivity index (χ4n) is 0. The second kappa shape index (κ2) is 17.4. The van der Waals surface area contributed by atoms with Gasteiger partial charge in [-0.3, -0.25) is 0 Å². The molecule has 0 spiro atoms. The molecular formula is H9CaNOSr. The van der Waals surface area contributed by atoms with Gasteiger partial charge in [-0.05, 0) is 0 Å². The van der Waals surface area contributed by atoms with Gasteiger partial charge in [0.05, 0.1) is 0 Å². The van der Waals surface area contributed by atoms with Crippen molar-refractivity contribution in [3.8, 4) is 0 Å². The summed E-state index contributed by atoms with van der Waals surface area (Å²) in [7, 11) is 0. The molecule has 0 saturated heterocycles. The predicted octanol–water partition coefficient (Wildman–Crippen LogP) is -0.974. The van der Waals surface area contributed by atoms with E-state index in [-0.39, 0.29) is 101 Å². The van der Waals surface area contributed by atoms with Crippen molar-refractivity contribution < 1.29 is 11.2 Å². The van der Waals surface area contributed by atoms with Crippen LogP contribution < -0.4 is 6.15 Å². The van der Waals surface area contributed by atoms with Crippen LogP contribution in [0.4, 0.5) is 0 Å². The molecule has 5 N–H and O–H groups in total. The first-order valence-electron chi connectivity index (χ1n) is 0. The van der Waals surface area contributed by atoms with Crippen LogP contribution in [0.2, 0.25) is 0 Å². The Kier molecular flexibility index (Phi) is 131. The molecule has 0 saturated carbocycles. The van der Waals surface area contributed by atoms with Gasteiger partial charge in [-0.2, -0.15) is 0 Å². The van der Waals surface area contributed by atoms with Crippen molar-refractivity contribution in [1.29, 1.82) is 0 Å². The first kappa shape index (κ1) is 30.2. The van der Waals surface area contributed by atoms with E-state index in [9.17, 15) is 0 Å². The molecule has 0 fully saturated rings. The summed E-state index contributed by atoms with van der Waals surface area (Å²) in [6, 6.07) is 0. The van der Waals surface area contributed by atoms with Gasteiger partial charge in [0.1, 0.15) is 0 Å². The first-order valence-corrected chi connectivity index (χ1v) is 0. The predicted molar refractivity (Wildman–Crippen MR) is 24.6 cm³/mol. The summed E-state index contributed by atoms with van der Waals surface area (Å²) in [5.41, 5.74) is 0. The topological polar surface area (TPSA) is 66.5 Å². The zero-order valence-corrected chi connectivity index (χ0v) is 8.31. The maximum atomic E-state index is 0. The zero-order chi connectivity index (χ0) is 0. The van der Waals surface area contributed by atoms with E-state index in [0.717, 1.165) is 0 Å². The standard InChI is InChI=1S/Ca.H3N.H2O.Sr.4H/h;1H3;1H2;;;;;/q+2;;;+2;4*-1. The molecule has 0 aromatic heterocycles. The summed E-state index contributed by atoms with van der Waals surface area (Å²) in [5, 5.41) is 0. The number of hydrogen-bond donors (Lipinski definition) is 1. The Morgan fingerprint density at radius 2 is 1.25 bits per heavy atom. The van der Waals surface area contributed by atoms with Gasteiger partial charge in [-0.25, -0.2) is 0 Å². The molecule has 0 bridgehead atoms. The van der Waals surface area contributed by atoms with E-state index in [4.69, 9.17) is 0 Å². The fourth-order valence-corrected chi connectivity index (χ4v) is 0. The molecule has 0 rings (SSSR count). The van der Waals surface area contributed by atoms with Crippen molar-refractivity contribution in [2.24, 2.45) is 0 Å². The van der Waals surface area contributed by atoms with Gasteiger partial charge in [0.2, 0.25) is 0 Å². The molecule has 0 aliphatic carbocycles. The smallest absolute Gasteiger partial charge is 1.00 e. The van der Waals surface area contributed by atoms with Crippen molar-refractivity contribution in [2.75, 3.05) is 0 Å². The average molecular weight is 167 g/mol. The maximum absolute atomic E-state index is 0. The van der Waals surface area contributed by atoms with E-state index in [1.54, 1.807) is 0 Å². The molecule has 24 valence electrons. The molecule has 0 aromatic rings. The van der Waals surface area contributed by atoms with Crippen molar-refractivity contribution in [3.05, 3.63) is 0 Å². The molecule has 0 atom stereocenters. The average Bonchev–Trinajstić information content (AvgIpc) is 0. The van der Waals surface area contributed by atoms with Crippen LogP contribution in [-0.2, 0) is 0 Å². The van der Waals surface area contributed by atoms with Gasteiger partial charge >= 0.3 is 83.2 Å². The van der Waals surface area contributed by atoms with E-state index in [2.05, 4.69) is 0 Å². The Morgan fingerprint density at radius 1 is 1.25 bits per heavy atom. The molecule has 0 aliphatic heterocycles. The Morgan fingerprint density at radius 3 is 1.25 bits per heavy atom. The molecule has 0 radical (unpaired) electrons. The van der Waals surface area contributed by atoms with Crippen molar-refractivity contribution in [2.45, 2.75) is 0 Å². The third kappa shape index (κ3) is 8.82. The molecule has 4 heteroatoms. The number of rotatable bonds is 0. The third-order valence-corrected chi connectivity index (χ3v) is 0. The van der Waals surface area contributed by atoms with Crippen LogP contribution in [0.25, 0.3) is 0 Å². The van der Waals surface area contributed by atoms with Crippen molar-refractivity contribution in [3.63, 3.8) is 0 Å². The normalized spacial score (nSPS) is 0. The zero-order valence-electron chi connectivity index (χ0n) is 6.62. The fraction of sp³-hybridized carbons (Fsp3) is 0. The minimum absolute atomic E-state index is 0. The Bertz CT molecular complexity index is 16.0. The summed E-state index contributed by atoms with van der Waals surface area (Å²) in [5.74, 6) is 0. The van der Waals surface area contributed by atoms with Crippen LogP contribution in [0.3, 0.4) is 0 Å². The van der Waals surface area contributed by atoms with Crippen LogP contribution in [-0.4, -0.2) is 88.7 Å². The van der Waals surface area contributed by atoms with Crippen LogP contribution in [0.5, 0.6) is 0 Å². The molecule has 0 heterocycles. The van der Waals surface area contributed by atoms with E-state index in [1.807, 2.05) is 0 Å². The van der Waals surface area contributed by atoms with Crippen LogP contribution in [0, 0.1) is 0 Å². The van der Waals surface area contributed by atoms with Crippen molar-refractivity contribution >= 4 is 83.2 Å². The molecule has 4 heavy (non-hydrogen) atoms. The molecule has 0 unspecified atom stereocenters. The quantitative estimate of drug-likeness (QED) is 0.463. The largest absolute Gasteiger partial charge is 2.00 e. The second-order valence-corrected chi connectivity index (χ2v) is 0. The maximum Gasteiger partial charge on any atom is 2.00 e. The monoisotopic (exact) mass is 167 g/mol. The Hall–Kier alpha value is 2.66. The molecule has 0 aliphatic rings. The van der Waals surface area contributed by atoms with Crippen LogP contribution in [0.1, 0.15) is 5.71 Å². The summed E-state index contributed by atoms with van der Waals surface area (Å²) < 4.78 is 0. The second-order valence-electron chi connectivity index (χ2n) is 0. The Labute approximate surface area is 98.4 Å². The van der Waals surface area contributed by atoms with Gasteiger partial charge in [0.25, 0.3) is 0 Å². The van der Waals surface area contributed by atoms with Gasteiger partial charge < -0.3 is 17.3 Å². The van der Waals surface area contributed by atoms with Gasteiger partial charge in [-0.1, -0.05) is 0 Å². The summed E-state index contributed by atoms with van der Waals surface area (Å²) in [6.45, 7) is 0. The van der Waals surface area contributed by atoms with Crippen molar-refractivity contribution in [1.82, 2.24) is 6.15 Å². The first-order chi connectivity index (χ1) is 0. The van der Waals surface area contributed by atoms with E-state index < -0.39 is 0 Å². The van der Waals surface area contributed by atoms with Gasteiger partial charge in [-0.15, -0.1) is 0 Å². The Balaban J connectivity index is 0. The molecule has 2 nitrogen and oxygen atoms in total. The third-order valence-electron chi connectivity index (χ3n) is 0.